The molecule has 0 radical (unpaired) electrons. The Bertz CT molecular complexity index is 1630. The van der Waals surface area contributed by atoms with Gasteiger partial charge in [0.15, 0.2) is 0 Å². The highest BCUT2D eigenvalue weighted by molar-refractivity contribution is 5.86. The molecule has 3 N–H and O–H groups in total. The number of benzene rings is 3. The molecule has 0 aliphatic heterocycles. The van der Waals surface area contributed by atoms with Gasteiger partial charge < -0.3 is 29.8 Å². The van der Waals surface area contributed by atoms with E-state index in [0.717, 1.165) is 27.6 Å². The zero-order valence-corrected chi connectivity index (χ0v) is 27.9. The monoisotopic (exact) mass is 642 g/mol. The summed E-state index contributed by atoms with van der Waals surface area (Å²) in [4.78, 5) is 46.3. The van der Waals surface area contributed by atoms with E-state index in [0.29, 0.717) is 12.2 Å². The molecular weight excluding hydrogens is 596 g/mol. The lowest BCUT2D eigenvalue weighted by atomic mass is 10.0. The van der Waals surface area contributed by atoms with Gasteiger partial charge in [0, 0.05) is 61.8 Å². The number of methoxy groups -OCH3 is 1. The van der Waals surface area contributed by atoms with Gasteiger partial charge in [-0.1, -0.05) is 66.7 Å². The zero-order chi connectivity index (χ0) is 34.0. The number of carbonyl (C=O) groups excluding carboxylic acids is 2. The minimum Gasteiger partial charge on any atom is -0.496 e. The number of aromatic amines is 1. The number of rotatable bonds is 15. The Morgan fingerprint density at radius 2 is 1.60 bits per heavy atom. The van der Waals surface area contributed by atoms with Crippen LogP contribution in [-0.4, -0.2) is 82.8 Å². The van der Waals surface area contributed by atoms with E-state index in [-0.39, 0.29) is 38.4 Å². The molecule has 47 heavy (non-hydrogen) atoms. The van der Waals surface area contributed by atoms with Crippen molar-refractivity contribution >= 4 is 28.9 Å². The van der Waals surface area contributed by atoms with Gasteiger partial charge in [-0.15, -0.1) is 0 Å². The predicted octanol–water partition coefficient (Wildman–Crippen LogP) is 5.66. The molecule has 0 aliphatic carbocycles. The average Bonchev–Trinajstić information content (AvgIpc) is 3.44. The standard InChI is InChI=1S/C37H46N4O6/c1-37(2,3)47-36(45)41(20-19-38-29(23-34(42)43)22-28-24-39-31-17-11-10-16-30(28)31)32(21-26-13-7-6-8-14-26)35(44)40(4)25-27-15-9-12-18-33(27)46-5/h6-18,24,29,32,38-39H,19-23,25H2,1-5H3,(H,42,43)/t29-,32-/m0/s1. The molecule has 0 fully saturated rings. The molecular formula is C37H46N4O6. The number of carbonyl (C=O) groups is 3. The van der Waals surface area contributed by atoms with Crippen molar-refractivity contribution in [2.24, 2.45) is 0 Å². The number of H-pyrrole nitrogens is 1. The van der Waals surface area contributed by atoms with E-state index in [1.165, 1.54) is 4.90 Å². The number of nitrogens with zero attached hydrogens (tertiary/aromatic N) is 2. The smallest absolute Gasteiger partial charge is 0.411 e. The van der Waals surface area contributed by atoms with Gasteiger partial charge in [0.05, 0.1) is 13.5 Å². The molecule has 0 spiro atoms. The molecule has 10 heteroatoms. The molecule has 4 aromatic rings. The zero-order valence-electron chi connectivity index (χ0n) is 27.9. The maximum absolute atomic E-state index is 14.3. The van der Waals surface area contributed by atoms with E-state index in [9.17, 15) is 19.5 Å². The summed E-state index contributed by atoms with van der Waals surface area (Å²) in [5, 5.41) is 14.1. The number of para-hydroxylation sites is 2. The highest BCUT2D eigenvalue weighted by atomic mass is 16.6. The first kappa shape index (κ1) is 35.0. The van der Waals surface area contributed by atoms with Crippen LogP contribution in [0.3, 0.4) is 0 Å². The van der Waals surface area contributed by atoms with E-state index in [4.69, 9.17) is 9.47 Å². The summed E-state index contributed by atoms with van der Waals surface area (Å²) in [6.07, 6.45) is 1.91. The number of carboxylic acid groups (broad SMARTS) is 1. The largest absolute Gasteiger partial charge is 0.496 e. The summed E-state index contributed by atoms with van der Waals surface area (Å²) < 4.78 is 11.3. The summed E-state index contributed by atoms with van der Waals surface area (Å²) in [7, 11) is 3.30. The Balaban J connectivity index is 1.60. The molecule has 1 aromatic heterocycles. The third-order valence-corrected chi connectivity index (χ3v) is 7.89. The topological polar surface area (TPSA) is 124 Å². The summed E-state index contributed by atoms with van der Waals surface area (Å²) in [6.45, 7) is 5.99. The molecule has 3 aromatic carbocycles. The van der Waals surface area contributed by atoms with Gasteiger partial charge in [-0.25, -0.2) is 4.79 Å². The van der Waals surface area contributed by atoms with Gasteiger partial charge >= 0.3 is 12.1 Å². The SMILES string of the molecule is COc1ccccc1CN(C)C(=O)[C@H](Cc1ccccc1)N(CCN[C@H](CC(=O)O)Cc1c[nH]c2ccccc12)C(=O)OC(C)(C)C. The van der Waals surface area contributed by atoms with E-state index >= 15 is 0 Å². The summed E-state index contributed by atoms with van der Waals surface area (Å²) in [5.74, 6) is -0.521. The van der Waals surface area contributed by atoms with Crippen molar-refractivity contribution in [3.63, 3.8) is 0 Å². The van der Waals surface area contributed by atoms with E-state index in [1.54, 1.807) is 39.8 Å². The molecule has 0 unspecified atom stereocenters. The molecule has 10 nitrogen and oxygen atoms in total. The minimum absolute atomic E-state index is 0.111. The van der Waals surface area contributed by atoms with Crippen molar-refractivity contribution in [2.45, 2.75) is 64.3 Å². The van der Waals surface area contributed by atoms with E-state index in [1.807, 2.05) is 85.1 Å². The highest BCUT2D eigenvalue weighted by Crippen LogP contribution is 2.23. The van der Waals surface area contributed by atoms with Crippen molar-refractivity contribution in [1.29, 1.82) is 0 Å². The fourth-order valence-electron chi connectivity index (χ4n) is 5.67. The predicted molar refractivity (Wildman–Crippen MR) is 182 cm³/mol. The summed E-state index contributed by atoms with van der Waals surface area (Å²) in [6, 6.07) is 23.6. The fraction of sp³-hybridized carbons (Fsp3) is 0.378. The second kappa shape index (κ2) is 16.1. The minimum atomic E-state index is -0.929. The Labute approximate surface area is 276 Å². The van der Waals surface area contributed by atoms with Crippen molar-refractivity contribution in [2.75, 3.05) is 27.2 Å². The van der Waals surface area contributed by atoms with Crippen molar-refractivity contribution in [3.05, 3.63) is 102 Å². The third-order valence-electron chi connectivity index (χ3n) is 7.89. The number of nitrogens with one attached hydrogen (secondary N) is 2. The van der Waals surface area contributed by atoms with E-state index < -0.39 is 29.7 Å². The normalized spacial score (nSPS) is 12.7. The maximum Gasteiger partial charge on any atom is 0.411 e. The quantitative estimate of drug-likeness (QED) is 0.153. The Morgan fingerprint density at radius 1 is 0.915 bits per heavy atom. The van der Waals surface area contributed by atoms with Crippen LogP contribution < -0.4 is 10.1 Å². The second-order valence-electron chi connectivity index (χ2n) is 12.7. The third kappa shape index (κ3) is 10.1. The van der Waals surface area contributed by atoms with Crippen LogP contribution in [-0.2, 0) is 33.7 Å². The molecule has 0 saturated heterocycles. The molecule has 2 amide bonds. The summed E-state index contributed by atoms with van der Waals surface area (Å²) >= 11 is 0. The first-order chi connectivity index (χ1) is 22.4. The van der Waals surface area contributed by atoms with Crippen LogP contribution >= 0.6 is 0 Å². The van der Waals surface area contributed by atoms with Crippen LogP contribution in [0, 0.1) is 0 Å². The molecule has 250 valence electrons. The number of likely N-dealkylation sites (N-methyl/N-ethyl adjacent to an activating group) is 1. The van der Waals surface area contributed by atoms with Crippen molar-refractivity contribution in [1.82, 2.24) is 20.1 Å². The van der Waals surface area contributed by atoms with Crippen LogP contribution in [0.4, 0.5) is 4.79 Å². The number of ether oxygens (including phenoxy) is 2. The Kier molecular flexibility index (Phi) is 12.0. The lowest BCUT2D eigenvalue weighted by Crippen LogP contribution is -2.54. The van der Waals surface area contributed by atoms with Gasteiger partial charge in [-0.3, -0.25) is 14.5 Å². The van der Waals surface area contributed by atoms with Crippen LogP contribution in [0.15, 0.2) is 85.1 Å². The molecule has 0 saturated carbocycles. The molecule has 0 bridgehead atoms. The van der Waals surface area contributed by atoms with Gasteiger partial charge in [-0.2, -0.15) is 0 Å². The van der Waals surface area contributed by atoms with Crippen LogP contribution in [0.1, 0.15) is 43.9 Å². The number of aliphatic carboxylic acids is 1. The van der Waals surface area contributed by atoms with Gasteiger partial charge in [0.2, 0.25) is 5.91 Å². The van der Waals surface area contributed by atoms with Gasteiger partial charge in [0.1, 0.15) is 17.4 Å². The van der Waals surface area contributed by atoms with E-state index in [2.05, 4.69) is 10.3 Å². The second-order valence-corrected chi connectivity index (χ2v) is 12.7. The van der Waals surface area contributed by atoms with Gasteiger partial charge in [0.25, 0.3) is 0 Å². The fourth-order valence-corrected chi connectivity index (χ4v) is 5.67. The number of hydrogen-bond donors (Lipinski definition) is 3. The van der Waals surface area contributed by atoms with Crippen LogP contribution in [0.5, 0.6) is 5.75 Å². The molecule has 0 aliphatic rings. The molecule has 2 atom stereocenters. The first-order valence-electron chi connectivity index (χ1n) is 15.9. The Hall–Kier alpha value is -4.83. The first-order valence-corrected chi connectivity index (χ1v) is 15.9. The number of aromatic nitrogens is 1. The summed E-state index contributed by atoms with van der Waals surface area (Å²) in [5.41, 5.74) is 2.91. The number of hydrogen-bond acceptors (Lipinski definition) is 6. The maximum atomic E-state index is 14.3. The van der Waals surface area contributed by atoms with Crippen molar-refractivity contribution < 1.29 is 29.0 Å². The van der Waals surface area contributed by atoms with Crippen LogP contribution in [0.2, 0.25) is 0 Å². The number of amides is 2. The van der Waals surface area contributed by atoms with Crippen LogP contribution in [0.25, 0.3) is 10.9 Å². The lowest BCUT2D eigenvalue weighted by Gasteiger charge is -2.35. The van der Waals surface area contributed by atoms with Gasteiger partial charge in [-0.05, 0) is 50.5 Å². The number of fused-ring (bicyclic) bond motifs is 1. The number of carboxylic acids is 1. The molecule has 1 heterocycles. The molecule has 4 rings (SSSR count). The van der Waals surface area contributed by atoms with Crippen molar-refractivity contribution in [3.8, 4) is 5.75 Å². The average molecular weight is 643 g/mol. The lowest BCUT2D eigenvalue weighted by molar-refractivity contribution is -0.137. The Morgan fingerprint density at radius 3 is 2.30 bits per heavy atom. The highest BCUT2D eigenvalue weighted by Gasteiger charge is 2.35.